The Bertz CT molecular complexity index is 978. The molecule has 6 nitrogen and oxygen atoms in total. The van der Waals surface area contributed by atoms with Crippen molar-refractivity contribution < 1.29 is 9.90 Å². The largest absolute Gasteiger partial charge is 0.508 e. The summed E-state index contributed by atoms with van der Waals surface area (Å²) in [5.41, 5.74) is 2.70. The zero-order valence-corrected chi connectivity index (χ0v) is 15.2. The molecule has 0 unspecified atom stereocenters. The molecule has 1 fully saturated rings. The Morgan fingerprint density at radius 3 is 3.04 bits per heavy atom. The van der Waals surface area contributed by atoms with Gasteiger partial charge in [-0.05, 0) is 43.5 Å². The van der Waals surface area contributed by atoms with Crippen LogP contribution >= 0.6 is 0 Å². The van der Waals surface area contributed by atoms with Crippen molar-refractivity contribution >= 4 is 28.7 Å². The Kier molecular flexibility index (Phi) is 4.62. The molecular weight excluding hydrogens is 340 g/mol. The lowest BCUT2D eigenvalue weighted by Crippen LogP contribution is -2.31. The number of rotatable bonds is 4. The molecule has 0 radical (unpaired) electrons. The molecule has 1 aliphatic carbocycles. The van der Waals surface area contributed by atoms with Crippen LogP contribution in [0.5, 0.6) is 0 Å². The highest BCUT2D eigenvalue weighted by molar-refractivity contribution is 5.91. The number of hydrogen-bond acceptors (Lipinski definition) is 5. The third kappa shape index (κ3) is 3.43. The molecule has 1 amide bonds. The van der Waals surface area contributed by atoms with Crippen LogP contribution in [0.3, 0.4) is 0 Å². The van der Waals surface area contributed by atoms with Crippen molar-refractivity contribution in [2.24, 2.45) is 0 Å². The molecule has 2 N–H and O–H groups in total. The maximum Gasteiger partial charge on any atom is 0.207 e. The van der Waals surface area contributed by atoms with Crippen molar-refractivity contribution in [2.45, 2.75) is 25.8 Å². The molecule has 27 heavy (non-hydrogen) atoms. The van der Waals surface area contributed by atoms with E-state index in [9.17, 15) is 9.90 Å². The minimum atomic E-state index is 0.123. The Morgan fingerprint density at radius 2 is 2.19 bits per heavy atom. The summed E-state index contributed by atoms with van der Waals surface area (Å²) in [5.74, 6) is 1.59. The van der Waals surface area contributed by atoms with Crippen LogP contribution in [-0.2, 0) is 4.79 Å². The maximum absolute atomic E-state index is 10.8. The summed E-state index contributed by atoms with van der Waals surface area (Å²) in [7, 11) is 0. The van der Waals surface area contributed by atoms with Crippen molar-refractivity contribution in [1.29, 1.82) is 0 Å². The van der Waals surface area contributed by atoms with E-state index in [2.05, 4.69) is 16.3 Å². The van der Waals surface area contributed by atoms with E-state index in [-0.39, 0.29) is 11.8 Å². The topological polar surface area (TPSA) is 78.4 Å². The van der Waals surface area contributed by atoms with Crippen LogP contribution in [0.2, 0.25) is 0 Å². The predicted octanol–water partition coefficient (Wildman–Crippen LogP) is 3.05. The minimum absolute atomic E-state index is 0.123. The first kappa shape index (κ1) is 17.3. The number of allylic oxidation sites excluding steroid dienone is 5. The number of hydrogen-bond donors (Lipinski definition) is 2. The number of nitrogens with zero attached hydrogens (tertiary/aromatic N) is 3. The van der Waals surface area contributed by atoms with E-state index < -0.39 is 0 Å². The fourth-order valence-electron chi connectivity index (χ4n) is 3.61. The average molecular weight is 362 g/mol. The van der Waals surface area contributed by atoms with Gasteiger partial charge in [-0.3, -0.25) is 4.79 Å². The summed E-state index contributed by atoms with van der Waals surface area (Å²) in [4.78, 5) is 22.5. The second-order valence-corrected chi connectivity index (χ2v) is 6.96. The van der Waals surface area contributed by atoms with Gasteiger partial charge >= 0.3 is 0 Å². The van der Waals surface area contributed by atoms with Crippen LogP contribution in [0.15, 0.2) is 48.3 Å². The number of aliphatic hydroxyl groups excluding tert-OH is 1. The van der Waals surface area contributed by atoms with Gasteiger partial charge in [0, 0.05) is 30.1 Å². The maximum atomic E-state index is 10.8. The highest BCUT2D eigenvalue weighted by Crippen LogP contribution is 2.31. The van der Waals surface area contributed by atoms with Crippen LogP contribution in [0.1, 0.15) is 24.2 Å². The van der Waals surface area contributed by atoms with E-state index in [1.54, 1.807) is 6.08 Å². The average Bonchev–Trinajstić information content (AvgIpc) is 3.01. The van der Waals surface area contributed by atoms with Gasteiger partial charge in [0.15, 0.2) is 5.82 Å². The zero-order chi connectivity index (χ0) is 18.8. The second kappa shape index (κ2) is 7.23. The zero-order valence-electron chi connectivity index (χ0n) is 15.2. The van der Waals surface area contributed by atoms with Gasteiger partial charge in [0.2, 0.25) is 6.41 Å². The number of nitrogens with one attached hydrogen (secondary N) is 1. The normalized spacial score (nSPS) is 19.6. The van der Waals surface area contributed by atoms with Crippen molar-refractivity contribution in [3.8, 4) is 0 Å². The van der Waals surface area contributed by atoms with Crippen LogP contribution in [0.4, 0.5) is 5.82 Å². The standard InChI is InChI=1S/C21H22N4O2/c1-14-7-8-16-18(11-14)23-20(17-5-3-2-4-6-19(17)27)24-21(16)25-10-9-15(12-25)22-13-26/h2-4,6-8,11,13,15,27H,5,9-10,12H2,1H3,(H,22,26)/t15-/m1/s1. The monoisotopic (exact) mass is 362 g/mol. The van der Waals surface area contributed by atoms with Crippen molar-refractivity contribution in [3.63, 3.8) is 0 Å². The molecule has 1 aliphatic heterocycles. The van der Waals surface area contributed by atoms with E-state index >= 15 is 0 Å². The number of amides is 1. The van der Waals surface area contributed by atoms with Gasteiger partial charge in [-0.15, -0.1) is 0 Å². The number of fused-ring (bicyclic) bond motifs is 1. The molecule has 0 saturated carbocycles. The summed E-state index contributed by atoms with van der Waals surface area (Å²) < 4.78 is 0. The van der Waals surface area contributed by atoms with Gasteiger partial charge in [-0.1, -0.05) is 24.3 Å². The molecule has 2 aliphatic rings. The minimum Gasteiger partial charge on any atom is -0.508 e. The van der Waals surface area contributed by atoms with Gasteiger partial charge in [0.05, 0.1) is 5.52 Å². The number of aliphatic hydroxyl groups is 1. The van der Waals surface area contributed by atoms with Crippen molar-refractivity contribution in [1.82, 2.24) is 15.3 Å². The lowest BCUT2D eigenvalue weighted by molar-refractivity contribution is -0.110. The second-order valence-electron chi connectivity index (χ2n) is 6.96. The third-order valence-corrected chi connectivity index (χ3v) is 5.03. The van der Waals surface area contributed by atoms with E-state index in [1.807, 2.05) is 37.3 Å². The molecule has 1 aromatic carbocycles. The van der Waals surface area contributed by atoms with E-state index in [0.29, 0.717) is 24.4 Å². The first-order chi connectivity index (χ1) is 13.2. The van der Waals surface area contributed by atoms with Crippen LogP contribution in [0, 0.1) is 6.92 Å². The van der Waals surface area contributed by atoms with Crippen molar-refractivity contribution in [2.75, 3.05) is 18.0 Å². The fourth-order valence-corrected chi connectivity index (χ4v) is 3.61. The highest BCUT2D eigenvalue weighted by atomic mass is 16.3. The number of anilines is 1. The number of carbonyl (C=O) groups is 1. The SMILES string of the molecule is Cc1ccc2c(N3CC[C@@H](NC=O)C3)nc(C3=C(O)C=CC=CC3)nc2c1. The number of aromatic nitrogens is 2. The Labute approximate surface area is 157 Å². The Hall–Kier alpha value is -3.15. The van der Waals surface area contributed by atoms with E-state index in [4.69, 9.17) is 9.97 Å². The molecule has 0 bridgehead atoms. The third-order valence-electron chi connectivity index (χ3n) is 5.03. The van der Waals surface area contributed by atoms with Gasteiger partial charge < -0.3 is 15.3 Å². The molecule has 4 rings (SSSR count). The summed E-state index contributed by atoms with van der Waals surface area (Å²) in [6, 6.07) is 6.27. The quantitative estimate of drug-likeness (QED) is 0.818. The molecule has 1 aromatic heterocycles. The van der Waals surface area contributed by atoms with E-state index in [0.717, 1.165) is 41.7 Å². The Morgan fingerprint density at radius 1 is 1.30 bits per heavy atom. The first-order valence-electron chi connectivity index (χ1n) is 9.14. The summed E-state index contributed by atoms with van der Waals surface area (Å²) in [5, 5.41) is 14.3. The Balaban J connectivity index is 1.83. The molecule has 2 aromatic rings. The molecule has 0 spiro atoms. The smallest absolute Gasteiger partial charge is 0.207 e. The molecule has 2 heterocycles. The molecular formula is C21H22N4O2. The van der Waals surface area contributed by atoms with E-state index in [1.165, 1.54) is 0 Å². The predicted molar refractivity (Wildman–Crippen MR) is 107 cm³/mol. The number of carbonyl (C=O) groups excluding carboxylic acids is 1. The van der Waals surface area contributed by atoms with Crippen LogP contribution in [0.25, 0.3) is 16.5 Å². The number of benzene rings is 1. The van der Waals surface area contributed by atoms with Gasteiger partial charge in [-0.25, -0.2) is 9.97 Å². The number of aryl methyl sites for hydroxylation is 1. The highest BCUT2D eigenvalue weighted by Gasteiger charge is 2.26. The fraction of sp³-hybridized carbons (Fsp3) is 0.286. The summed E-state index contributed by atoms with van der Waals surface area (Å²) in [6.07, 6.45) is 9.58. The van der Waals surface area contributed by atoms with Crippen LogP contribution < -0.4 is 10.2 Å². The molecule has 6 heteroatoms. The van der Waals surface area contributed by atoms with Gasteiger partial charge in [0.1, 0.15) is 11.6 Å². The van der Waals surface area contributed by atoms with Gasteiger partial charge in [0.25, 0.3) is 0 Å². The molecule has 138 valence electrons. The molecule has 1 atom stereocenters. The lowest BCUT2D eigenvalue weighted by atomic mass is 10.1. The summed E-state index contributed by atoms with van der Waals surface area (Å²) in [6.45, 7) is 3.56. The summed E-state index contributed by atoms with van der Waals surface area (Å²) >= 11 is 0. The first-order valence-corrected chi connectivity index (χ1v) is 9.14. The lowest BCUT2D eigenvalue weighted by Gasteiger charge is -2.21. The van der Waals surface area contributed by atoms with Crippen LogP contribution in [-0.4, -0.2) is 40.6 Å². The van der Waals surface area contributed by atoms with Gasteiger partial charge in [-0.2, -0.15) is 0 Å². The van der Waals surface area contributed by atoms with Crippen molar-refractivity contribution in [3.05, 3.63) is 59.7 Å². The molecule has 1 saturated heterocycles.